The summed E-state index contributed by atoms with van der Waals surface area (Å²) < 4.78 is 28.3. The van der Waals surface area contributed by atoms with Crippen LogP contribution in [0, 0.1) is 6.92 Å². The first kappa shape index (κ1) is 13.4. The SMILES string of the molecule is CCc1cc(NS(=O)(=O)c2c(N)nn(C)c2C)n[nH]1. The predicted molar refractivity (Wildman–Crippen MR) is 71.1 cm³/mol. The lowest BCUT2D eigenvalue weighted by molar-refractivity contribution is 0.600. The number of H-pyrrole nitrogens is 1. The van der Waals surface area contributed by atoms with E-state index in [-0.39, 0.29) is 16.5 Å². The number of rotatable bonds is 4. The number of anilines is 2. The van der Waals surface area contributed by atoms with Crippen molar-refractivity contribution in [1.82, 2.24) is 20.0 Å². The van der Waals surface area contributed by atoms with Gasteiger partial charge in [0.05, 0.1) is 5.69 Å². The van der Waals surface area contributed by atoms with Crippen molar-refractivity contribution < 1.29 is 8.42 Å². The fraction of sp³-hybridized carbons (Fsp3) is 0.400. The van der Waals surface area contributed by atoms with E-state index in [9.17, 15) is 8.42 Å². The van der Waals surface area contributed by atoms with Crippen molar-refractivity contribution >= 4 is 21.7 Å². The molecule has 0 unspecified atom stereocenters. The van der Waals surface area contributed by atoms with Gasteiger partial charge in [0.15, 0.2) is 16.5 Å². The summed E-state index contributed by atoms with van der Waals surface area (Å²) in [5.41, 5.74) is 6.94. The Morgan fingerprint density at radius 1 is 1.53 bits per heavy atom. The van der Waals surface area contributed by atoms with E-state index in [1.54, 1.807) is 20.0 Å². The van der Waals surface area contributed by atoms with Crippen molar-refractivity contribution in [2.24, 2.45) is 7.05 Å². The molecule has 0 spiro atoms. The first-order valence-corrected chi connectivity index (χ1v) is 7.19. The van der Waals surface area contributed by atoms with E-state index in [4.69, 9.17) is 5.73 Å². The minimum Gasteiger partial charge on any atom is -0.381 e. The van der Waals surface area contributed by atoms with E-state index in [1.807, 2.05) is 6.92 Å². The average Bonchev–Trinajstić information content (AvgIpc) is 2.84. The third kappa shape index (κ3) is 2.41. The number of nitrogens with one attached hydrogen (secondary N) is 2. The maximum atomic E-state index is 12.3. The lowest BCUT2D eigenvalue weighted by Gasteiger charge is -2.05. The molecule has 0 aromatic carbocycles. The van der Waals surface area contributed by atoms with E-state index < -0.39 is 10.0 Å². The van der Waals surface area contributed by atoms with Crippen LogP contribution < -0.4 is 10.5 Å². The van der Waals surface area contributed by atoms with Gasteiger partial charge in [0.2, 0.25) is 0 Å². The summed E-state index contributed by atoms with van der Waals surface area (Å²) in [6.07, 6.45) is 0.739. The molecule has 0 amide bonds. The summed E-state index contributed by atoms with van der Waals surface area (Å²) in [5.74, 6) is 0.207. The molecule has 9 heteroatoms. The monoisotopic (exact) mass is 284 g/mol. The number of sulfonamides is 1. The number of hydrogen-bond acceptors (Lipinski definition) is 5. The van der Waals surface area contributed by atoms with Crippen molar-refractivity contribution in [3.05, 3.63) is 17.5 Å². The third-order valence-electron chi connectivity index (χ3n) is 2.82. The van der Waals surface area contributed by atoms with Crippen LogP contribution in [-0.2, 0) is 23.5 Å². The molecular weight excluding hydrogens is 268 g/mol. The minimum atomic E-state index is -3.79. The lowest BCUT2D eigenvalue weighted by atomic mass is 10.3. The number of aromatic amines is 1. The highest BCUT2D eigenvalue weighted by Crippen LogP contribution is 2.23. The second-order valence-electron chi connectivity index (χ2n) is 4.16. The highest BCUT2D eigenvalue weighted by molar-refractivity contribution is 7.93. The molecular formula is C10H16N6O2S. The summed E-state index contributed by atoms with van der Waals surface area (Å²) in [6.45, 7) is 3.58. The van der Waals surface area contributed by atoms with Gasteiger partial charge in [-0.25, -0.2) is 8.42 Å². The lowest BCUT2D eigenvalue weighted by Crippen LogP contribution is -2.15. The van der Waals surface area contributed by atoms with Gasteiger partial charge in [-0.3, -0.25) is 14.5 Å². The predicted octanol–water partition coefficient (Wildman–Crippen LogP) is 0.397. The van der Waals surface area contributed by atoms with Crippen molar-refractivity contribution in [3.63, 3.8) is 0 Å². The quantitative estimate of drug-likeness (QED) is 0.750. The Balaban J connectivity index is 2.37. The van der Waals surface area contributed by atoms with E-state index >= 15 is 0 Å². The average molecular weight is 284 g/mol. The molecule has 19 heavy (non-hydrogen) atoms. The zero-order valence-electron chi connectivity index (χ0n) is 10.9. The van der Waals surface area contributed by atoms with Crippen LogP contribution in [0.25, 0.3) is 0 Å². The van der Waals surface area contributed by atoms with Gasteiger partial charge >= 0.3 is 0 Å². The summed E-state index contributed by atoms with van der Waals surface area (Å²) >= 11 is 0. The van der Waals surface area contributed by atoms with Crippen LogP contribution in [-0.4, -0.2) is 28.4 Å². The number of aryl methyl sites for hydroxylation is 2. The Bertz CT molecular complexity index is 700. The minimum absolute atomic E-state index is 0.0175. The van der Waals surface area contributed by atoms with Gasteiger partial charge < -0.3 is 5.73 Å². The third-order valence-corrected chi connectivity index (χ3v) is 4.34. The molecule has 0 radical (unpaired) electrons. The summed E-state index contributed by atoms with van der Waals surface area (Å²) in [5, 5.41) is 10.5. The summed E-state index contributed by atoms with van der Waals surface area (Å²) in [4.78, 5) is -0.0175. The van der Waals surface area contributed by atoms with Gasteiger partial charge in [-0.05, 0) is 13.3 Å². The molecule has 2 rings (SSSR count). The van der Waals surface area contributed by atoms with E-state index in [0.29, 0.717) is 5.69 Å². The van der Waals surface area contributed by atoms with Crippen LogP contribution in [0.15, 0.2) is 11.0 Å². The Kier molecular flexibility index (Phi) is 3.23. The molecule has 8 nitrogen and oxygen atoms in total. The zero-order chi connectivity index (χ0) is 14.2. The summed E-state index contributed by atoms with van der Waals surface area (Å²) in [6, 6.07) is 1.64. The molecule has 2 aromatic heterocycles. The molecule has 0 saturated carbocycles. The van der Waals surface area contributed by atoms with Crippen LogP contribution in [0.4, 0.5) is 11.6 Å². The van der Waals surface area contributed by atoms with Crippen LogP contribution in [0.1, 0.15) is 18.3 Å². The van der Waals surface area contributed by atoms with Crippen LogP contribution in [0.3, 0.4) is 0 Å². The second-order valence-corrected chi connectivity index (χ2v) is 5.78. The van der Waals surface area contributed by atoms with Crippen molar-refractivity contribution in [2.75, 3.05) is 10.5 Å². The van der Waals surface area contributed by atoms with E-state index in [0.717, 1.165) is 12.1 Å². The van der Waals surface area contributed by atoms with Gasteiger partial charge in [-0.15, -0.1) is 0 Å². The van der Waals surface area contributed by atoms with Crippen molar-refractivity contribution in [1.29, 1.82) is 0 Å². The van der Waals surface area contributed by atoms with E-state index in [1.165, 1.54) is 4.68 Å². The maximum Gasteiger partial charge on any atom is 0.268 e. The fourth-order valence-electron chi connectivity index (χ4n) is 1.73. The molecule has 0 bridgehead atoms. The van der Waals surface area contributed by atoms with Crippen LogP contribution >= 0.6 is 0 Å². The topological polar surface area (TPSA) is 119 Å². The van der Waals surface area contributed by atoms with Gasteiger partial charge in [0.1, 0.15) is 0 Å². The van der Waals surface area contributed by atoms with Gasteiger partial charge in [0.25, 0.3) is 10.0 Å². The summed E-state index contributed by atoms with van der Waals surface area (Å²) in [7, 11) is -2.16. The number of nitrogen functional groups attached to an aromatic ring is 1. The molecule has 104 valence electrons. The first-order chi connectivity index (χ1) is 8.85. The van der Waals surface area contributed by atoms with Crippen LogP contribution in [0.5, 0.6) is 0 Å². The normalized spacial score (nSPS) is 11.7. The highest BCUT2D eigenvalue weighted by Gasteiger charge is 2.25. The van der Waals surface area contributed by atoms with Gasteiger partial charge in [-0.1, -0.05) is 6.92 Å². The molecule has 2 aromatic rings. The largest absolute Gasteiger partial charge is 0.381 e. The maximum absolute atomic E-state index is 12.3. The number of aromatic nitrogens is 4. The molecule has 0 saturated heterocycles. The molecule has 4 N–H and O–H groups in total. The Labute approximate surface area is 111 Å². The number of nitrogens with zero attached hydrogens (tertiary/aromatic N) is 3. The Morgan fingerprint density at radius 2 is 2.21 bits per heavy atom. The fourth-order valence-corrected chi connectivity index (χ4v) is 3.05. The van der Waals surface area contributed by atoms with Crippen molar-refractivity contribution in [3.8, 4) is 0 Å². The molecule has 0 aliphatic heterocycles. The zero-order valence-corrected chi connectivity index (χ0v) is 11.7. The van der Waals surface area contributed by atoms with Gasteiger partial charge in [0, 0.05) is 18.8 Å². The van der Waals surface area contributed by atoms with E-state index in [2.05, 4.69) is 20.0 Å². The number of nitrogens with two attached hydrogens (primary N) is 1. The Morgan fingerprint density at radius 3 is 2.68 bits per heavy atom. The standard InChI is InChI=1S/C10H16N6O2S/c1-4-7-5-8(13-12-7)15-19(17,18)9-6(2)16(3)14-10(9)11/h5H,4H2,1-3H3,(H2,11,14)(H2,12,13,15). The Hall–Kier alpha value is -2.03. The molecule has 0 atom stereocenters. The number of hydrogen-bond donors (Lipinski definition) is 3. The molecule has 0 fully saturated rings. The molecule has 0 aliphatic carbocycles. The highest BCUT2D eigenvalue weighted by atomic mass is 32.2. The second kappa shape index (κ2) is 4.57. The van der Waals surface area contributed by atoms with Crippen LogP contribution in [0.2, 0.25) is 0 Å². The van der Waals surface area contributed by atoms with Crippen molar-refractivity contribution in [2.45, 2.75) is 25.2 Å². The molecule has 2 heterocycles. The smallest absolute Gasteiger partial charge is 0.268 e. The molecule has 0 aliphatic rings. The van der Waals surface area contributed by atoms with Gasteiger partial charge in [-0.2, -0.15) is 10.2 Å². The first-order valence-electron chi connectivity index (χ1n) is 5.71.